The number of carboxylic acids is 1. The van der Waals surface area contributed by atoms with Gasteiger partial charge in [-0.1, -0.05) is 12.8 Å². The first-order valence-corrected chi connectivity index (χ1v) is 6.45. The van der Waals surface area contributed by atoms with Crippen LogP contribution in [0.15, 0.2) is 0 Å². The van der Waals surface area contributed by atoms with Gasteiger partial charge in [-0.25, -0.2) is 13.1 Å². The van der Waals surface area contributed by atoms with Gasteiger partial charge in [-0.2, -0.15) is 13.2 Å². The molecule has 0 aromatic carbocycles. The van der Waals surface area contributed by atoms with Gasteiger partial charge in [0.1, 0.15) is 0 Å². The Bertz CT molecular complexity index is 392. The molecule has 1 aliphatic rings. The molecule has 0 aromatic heterocycles. The van der Waals surface area contributed by atoms with Gasteiger partial charge in [0.15, 0.2) is 0 Å². The Kier molecular flexibility index (Phi) is 4.03. The minimum atomic E-state index is -5.48. The third kappa shape index (κ3) is 3.32. The van der Waals surface area contributed by atoms with Crippen molar-refractivity contribution >= 4 is 16.0 Å². The van der Waals surface area contributed by atoms with Crippen LogP contribution in [0, 0.1) is 5.92 Å². The van der Waals surface area contributed by atoms with E-state index < -0.39 is 33.5 Å². The van der Waals surface area contributed by atoms with Crippen LogP contribution < -0.4 is 4.72 Å². The number of nitrogens with one attached hydrogen (secondary N) is 1. The monoisotopic (exact) mass is 275 g/mol. The zero-order valence-corrected chi connectivity index (χ0v) is 9.51. The molecule has 17 heavy (non-hydrogen) atoms. The summed E-state index contributed by atoms with van der Waals surface area (Å²) in [4.78, 5) is 10.8. The van der Waals surface area contributed by atoms with Gasteiger partial charge in [-0.05, 0) is 12.8 Å². The predicted octanol–water partition coefficient (Wildman–Crippen LogP) is 1.07. The van der Waals surface area contributed by atoms with Crippen molar-refractivity contribution in [3.05, 3.63) is 0 Å². The number of carboxylic acid groups (broad SMARTS) is 1. The molecule has 0 aliphatic heterocycles. The molecule has 1 fully saturated rings. The second-order valence-electron chi connectivity index (χ2n) is 3.90. The van der Waals surface area contributed by atoms with Crippen LogP contribution >= 0.6 is 0 Å². The number of carbonyl (C=O) groups is 1. The van der Waals surface area contributed by atoms with Gasteiger partial charge in [0.2, 0.25) is 0 Å². The molecule has 0 spiro atoms. The molecule has 0 aromatic rings. The number of halogens is 3. The van der Waals surface area contributed by atoms with E-state index >= 15 is 0 Å². The Hall–Kier alpha value is -0.830. The van der Waals surface area contributed by atoms with Crippen molar-refractivity contribution in [3.63, 3.8) is 0 Å². The van der Waals surface area contributed by atoms with Crippen molar-refractivity contribution in [2.75, 3.05) is 0 Å². The normalized spacial score (nSPS) is 26.8. The van der Waals surface area contributed by atoms with E-state index in [2.05, 4.69) is 0 Å². The van der Waals surface area contributed by atoms with Crippen LogP contribution in [0.2, 0.25) is 0 Å². The van der Waals surface area contributed by atoms with Crippen LogP contribution in [0.4, 0.5) is 13.2 Å². The minimum Gasteiger partial charge on any atom is -0.481 e. The molecule has 0 radical (unpaired) electrons. The van der Waals surface area contributed by atoms with Gasteiger partial charge < -0.3 is 5.11 Å². The molecule has 0 amide bonds. The van der Waals surface area contributed by atoms with Crippen molar-refractivity contribution in [2.45, 2.75) is 37.2 Å². The lowest BCUT2D eigenvalue weighted by molar-refractivity contribution is -0.143. The maximum Gasteiger partial charge on any atom is 0.511 e. The van der Waals surface area contributed by atoms with E-state index in [0.717, 1.165) is 0 Å². The van der Waals surface area contributed by atoms with Crippen LogP contribution in [0.5, 0.6) is 0 Å². The zero-order valence-electron chi connectivity index (χ0n) is 8.70. The number of hydrogen-bond acceptors (Lipinski definition) is 3. The number of rotatable bonds is 3. The van der Waals surface area contributed by atoms with Crippen LogP contribution in [-0.2, 0) is 14.8 Å². The van der Waals surface area contributed by atoms with E-state index in [1.807, 2.05) is 0 Å². The van der Waals surface area contributed by atoms with E-state index in [0.29, 0.717) is 12.8 Å². The molecule has 2 unspecified atom stereocenters. The summed E-state index contributed by atoms with van der Waals surface area (Å²) in [6.07, 6.45) is 1.36. The van der Waals surface area contributed by atoms with Crippen molar-refractivity contribution in [3.8, 4) is 0 Å². The van der Waals surface area contributed by atoms with Gasteiger partial charge in [0, 0.05) is 6.04 Å². The average molecular weight is 275 g/mol. The van der Waals surface area contributed by atoms with E-state index in [1.54, 1.807) is 0 Å². The molecule has 100 valence electrons. The summed E-state index contributed by atoms with van der Waals surface area (Å²) >= 11 is 0. The summed E-state index contributed by atoms with van der Waals surface area (Å²) in [5.74, 6) is -2.37. The summed E-state index contributed by atoms with van der Waals surface area (Å²) in [5.41, 5.74) is -5.41. The molecule has 5 nitrogen and oxygen atoms in total. The highest BCUT2D eigenvalue weighted by Gasteiger charge is 2.48. The van der Waals surface area contributed by atoms with Crippen molar-refractivity contribution in [1.29, 1.82) is 0 Å². The average Bonchev–Trinajstić information content (AvgIpc) is 2.15. The Labute approximate surface area is 96.1 Å². The summed E-state index contributed by atoms with van der Waals surface area (Å²) < 4.78 is 59.5. The lowest BCUT2D eigenvalue weighted by atomic mass is 9.85. The minimum absolute atomic E-state index is 0.103. The first-order valence-electron chi connectivity index (χ1n) is 4.96. The molecule has 0 bridgehead atoms. The fourth-order valence-electron chi connectivity index (χ4n) is 1.83. The SMILES string of the molecule is O=C(O)C1CCCCC1NS(=O)(=O)C(F)(F)F. The number of alkyl halides is 3. The highest BCUT2D eigenvalue weighted by molar-refractivity contribution is 7.90. The molecule has 2 atom stereocenters. The summed E-state index contributed by atoms with van der Waals surface area (Å²) in [5, 5.41) is 8.79. The van der Waals surface area contributed by atoms with E-state index in [1.165, 1.54) is 4.72 Å². The molecule has 2 N–H and O–H groups in total. The Morgan fingerprint density at radius 3 is 2.24 bits per heavy atom. The van der Waals surface area contributed by atoms with Crippen LogP contribution in [0.25, 0.3) is 0 Å². The maximum atomic E-state index is 12.1. The topological polar surface area (TPSA) is 83.5 Å². The van der Waals surface area contributed by atoms with Gasteiger partial charge >= 0.3 is 21.5 Å². The number of sulfonamides is 1. The quantitative estimate of drug-likeness (QED) is 0.807. The number of hydrogen-bond donors (Lipinski definition) is 2. The second kappa shape index (κ2) is 4.81. The Balaban J connectivity index is 2.82. The fourth-order valence-corrected chi connectivity index (χ4v) is 2.65. The van der Waals surface area contributed by atoms with Gasteiger partial charge in [0.25, 0.3) is 0 Å². The van der Waals surface area contributed by atoms with Crippen LogP contribution in [0.3, 0.4) is 0 Å². The molecule has 0 heterocycles. The second-order valence-corrected chi connectivity index (χ2v) is 5.61. The standard InChI is InChI=1S/C8H12F3NO4S/c9-8(10,11)17(15,16)12-6-4-2-1-3-5(6)7(13)14/h5-6,12H,1-4H2,(H,13,14). The Morgan fingerprint density at radius 1 is 1.24 bits per heavy atom. The third-order valence-corrected chi connectivity index (χ3v) is 3.92. The lowest BCUT2D eigenvalue weighted by Crippen LogP contribution is -2.49. The summed E-state index contributed by atoms with van der Waals surface area (Å²) in [6, 6.07) is -1.19. The third-order valence-electron chi connectivity index (χ3n) is 2.69. The molecule has 1 aliphatic carbocycles. The molecule has 1 saturated carbocycles. The first kappa shape index (κ1) is 14.2. The van der Waals surface area contributed by atoms with Crippen molar-refractivity contribution in [2.24, 2.45) is 5.92 Å². The fraction of sp³-hybridized carbons (Fsp3) is 0.875. The van der Waals surface area contributed by atoms with E-state index in [-0.39, 0.29) is 12.8 Å². The van der Waals surface area contributed by atoms with Crippen LogP contribution in [0.1, 0.15) is 25.7 Å². The van der Waals surface area contributed by atoms with E-state index in [4.69, 9.17) is 5.11 Å². The zero-order chi connectivity index (χ0) is 13.3. The number of aliphatic carboxylic acids is 1. The van der Waals surface area contributed by atoms with Crippen molar-refractivity contribution in [1.82, 2.24) is 4.72 Å². The van der Waals surface area contributed by atoms with Gasteiger partial charge in [-0.15, -0.1) is 0 Å². The molecule has 1 rings (SSSR count). The highest BCUT2D eigenvalue weighted by Crippen LogP contribution is 2.28. The van der Waals surface area contributed by atoms with Gasteiger partial charge in [-0.3, -0.25) is 4.79 Å². The Morgan fingerprint density at radius 2 is 1.76 bits per heavy atom. The molecule has 9 heteroatoms. The first-order chi connectivity index (χ1) is 7.65. The lowest BCUT2D eigenvalue weighted by Gasteiger charge is -2.29. The maximum absolute atomic E-state index is 12.1. The molecular formula is C8H12F3NO4S. The predicted molar refractivity (Wildman–Crippen MR) is 51.5 cm³/mol. The van der Waals surface area contributed by atoms with Crippen molar-refractivity contribution < 1.29 is 31.5 Å². The van der Waals surface area contributed by atoms with Gasteiger partial charge in [0.05, 0.1) is 5.92 Å². The summed E-state index contributed by atoms with van der Waals surface area (Å²) in [6.45, 7) is 0. The van der Waals surface area contributed by atoms with Crippen LogP contribution in [-0.4, -0.2) is 31.0 Å². The highest BCUT2D eigenvalue weighted by atomic mass is 32.2. The smallest absolute Gasteiger partial charge is 0.481 e. The summed E-state index contributed by atoms with van der Waals surface area (Å²) in [7, 11) is -5.48. The molecular weight excluding hydrogens is 263 g/mol. The molecule has 0 saturated heterocycles. The van der Waals surface area contributed by atoms with E-state index in [9.17, 15) is 26.4 Å². The largest absolute Gasteiger partial charge is 0.511 e.